The van der Waals surface area contributed by atoms with Crippen LogP contribution in [-0.4, -0.2) is 34.8 Å². The van der Waals surface area contributed by atoms with Crippen LogP contribution in [0.2, 0.25) is 0 Å². The second-order valence-corrected chi connectivity index (χ2v) is 6.27. The van der Waals surface area contributed by atoms with Gasteiger partial charge in [-0.15, -0.1) is 0 Å². The average molecular weight is 313 g/mol. The first-order chi connectivity index (χ1) is 11.3. The third-order valence-electron chi connectivity index (χ3n) is 4.68. The molecule has 1 saturated heterocycles. The van der Waals surface area contributed by atoms with Gasteiger partial charge in [0.25, 0.3) is 0 Å². The van der Waals surface area contributed by atoms with Gasteiger partial charge in [0.05, 0.1) is 23.7 Å². The number of piperidine rings is 1. The maximum Gasteiger partial charge on any atom is 0.228 e. The Morgan fingerprint density at radius 2 is 1.83 bits per heavy atom. The number of carbonyl (C=O) groups excluding carboxylic acids is 2. The van der Waals surface area contributed by atoms with Crippen LogP contribution in [0.15, 0.2) is 36.7 Å². The summed E-state index contributed by atoms with van der Waals surface area (Å²) in [7, 11) is 0. The van der Waals surface area contributed by atoms with Gasteiger partial charge in [0.1, 0.15) is 0 Å². The number of nitrogens with one attached hydrogen (secondary N) is 1. The van der Waals surface area contributed by atoms with E-state index >= 15 is 0 Å². The summed E-state index contributed by atoms with van der Waals surface area (Å²) in [5.41, 5.74) is 0.677. The number of anilines is 1. The van der Waals surface area contributed by atoms with E-state index in [9.17, 15) is 9.59 Å². The van der Waals surface area contributed by atoms with E-state index in [4.69, 9.17) is 0 Å². The number of carbonyl (C=O) groups is 2. The summed E-state index contributed by atoms with van der Waals surface area (Å²) in [4.78, 5) is 31.4. The molecule has 1 N–H and O–H groups in total. The van der Waals surface area contributed by atoms with Gasteiger partial charge in [-0.25, -0.2) is 0 Å². The number of aromatic nitrogens is 1. The van der Waals surface area contributed by atoms with Crippen LogP contribution >= 0.6 is 0 Å². The second kappa shape index (κ2) is 7.40. The monoisotopic (exact) mass is 313 g/mol. The van der Waals surface area contributed by atoms with Gasteiger partial charge in [-0.2, -0.15) is 0 Å². The lowest BCUT2D eigenvalue weighted by Crippen LogP contribution is -2.45. The molecule has 0 spiro atoms. The fraction of sp³-hybridized carbons (Fsp3) is 0.500. The van der Waals surface area contributed by atoms with E-state index < -0.39 is 0 Å². The largest absolute Gasteiger partial charge is 0.342 e. The summed E-state index contributed by atoms with van der Waals surface area (Å²) < 4.78 is 0. The topological polar surface area (TPSA) is 62.3 Å². The van der Waals surface area contributed by atoms with Crippen molar-refractivity contribution in [1.82, 2.24) is 9.88 Å². The fourth-order valence-electron chi connectivity index (χ4n) is 3.40. The first kappa shape index (κ1) is 15.7. The van der Waals surface area contributed by atoms with Crippen molar-refractivity contribution in [3.05, 3.63) is 36.7 Å². The van der Waals surface area contributed by atoms with E-state index in [1.54, 1.807) is 18.5 Å². The molecule has 0 aromatic carbocycles. The highest BCUT2D eigenvalue weighted by molar-refractivity contribution is 5.96. The number of rotatable bonds is 3. The van der Waals surface area contributed by atoms with Crippen LogP contribution in [0.1, 0.15) is 32.1 Å². The van der Waals surface area contributed by atoms with E-state index in [0.29, 0.717) is 18.5 Å². The van der Waals surface area contributed by atoms with E-state index in [-0.39, 0.29) is 23.7 Å². The van der Waals surface area contributed by atoms with Gasteiger partial charge < -0.3 is 10.2 Å². The zero-order valence-electron chi connectivity index (χ0n) is 13.3. The Kier molecular flexibility index (Phi) is 5.05. The summed E-state index contributed by atoms with van der Waals surface area (Å²) in [6.45, 7) is 1.66. The molecule has 2 heterocycles. The normalized spacial score (nSPS) is 24.3. The van der Waals surface area contributed by atoms with Crippen molar-refractivity contribution in [2.45, 2.75) is 32.1 Å². The Labute approximate surface area is 136 Å². The maximum atomic E-state index is 12.8. The van der Waals surface area contributed by atoms with Crippen molar-refractivity contribution < 1.29 is 9.59 Å². The SMILES string of the molecule is O=C(Nc1cccnc1)C1CC=CCC1C(=O)N1CCCCC1. The molecule has 1 fully saturated rings. The van der Waals surface area contributed by atoms with Gasteiger partial charge in [0.2, 0.25) is 11.8 Å². The molecular weight excluding hydrogens is 290 g/mol. The highest BCUT2D eigenvalue weighted by Gasteiger charge is 2.36. The molecule has 2 amide bonds. The Hall–Kier alpha value is -2.17. The van der Waals surface area contributed by atoms with Gasteiger partial charge in [0.15, 0.2) is 0 Å². The smallest absolute Gasteiger partial charge is 0.228 e. The van der Waals surface area contributed by atoms with E-state index in [2.05, 4.69) is 10.3 Å². The molecule has 1 aromatic rings. The standard InChI is InChI=1S/C18H23N3O2/c22-17(20-14-7-6-10-19-13-14)15-8-2-3-9-16(15)18(23)21-11-4-1-5-12-21/h2-3,6-7,10,13,15-16H,1,4-5,8-9,11-12H2,(H,20,22). The van der Waals surface area contributed by atoms with Crippen molar-refractivity contribution in [2.24, 2.45) is 11.8 Å². The maximum absolute atomic E-state index is 12.8. The molecule has 2 atom stereocenters. The number of hydrogen-bond donors (Lipinski definition) is 1. The predicted octanol–water partition coefficient (Wildman–Crippen LogP) is 2.62. The van der Waals surface area contributed by atoms with Crippen LogP contribution in [0.5, 0.6) is 0 Å². The first-order valence-electron chi connectivity index (χ1n) is 8.40. The van der Waals surface area contributed by atoms with Crippen molar-refractivity contribution in [3.63, 3.8) is 0 Å². The van der Waals surface area contributed by atoms with Crippen LogP contribution in [0, 0.1) is 11.8 Å². The Balaban J connectivity index is 1.69. The van der Waals surface area contributed by atoms with Gasteiger partial charge in [-0.1, -0.05) is 12.2 Å². The van der Waals surface area contributed by atoms with Crippen LogP contribution in [0.25, 0.3) is 0 Å². The van der Waals surface area contributed by atoms with Gasteiger partial charge >= 0.3 is 0 Å². The van der Waals surface area contributed by atoms with Crippen LogP contribution in [0.3, 0.4) is 0 Å². The molecule has 1 aliphatic heterocycles. The molecule has 2 unspecified atom stereocenters. The molecule has 1 aliphatic carbocycles. The number of allylic oxidation sites excluding steroid dienone is 2. The lowest BCUT2D eigenvalue weighted by Gasteiger charge is -2.34. The predicted molar refractivity (Wildman–Crippen MR) is 88.7 cm³/mol. The molecule has 23 heavy (non-hydrogen) atoms. The Bertz CT molecular complexity index is 579. The second-order valence-electron chi connectivity index (χ2n) is 6.27. The molecular formula is C18H23N3O2. The highest BCUT2D eigenvalue weighted by Crippen LogP contribution is 2.29. The van der Waals surface area contributed by atoms with Crippen LogP contribution in [-0.2, 0) is 9.59 Å². The van der Waals surface area contributed by atoms with Crippen molar-refractivity contribution in [3.8, 4) is 0 Å². The van der Waals surface area contributed by atoms with E-state index in [1.165, 1.54) is 6.42 Å². The number of likely N-dealkylation sites (tertiary alicyclic amines) is 1. The zero-order chi connectivity index (χ0) is 16.1. The minimum atomic E-state index is -0.297. The summed E-state index contributed by atoms with van der Waals surface area (Å²) in [5.74, 6) is -0.484. The van der Waals surface area contributed by atoms with E-state index in [0.717, 1.165) is 25.9 Å². The van der Waals surface area contributed by atoms with Crippen molar-refractivity contribution >= 4 is 17.5 Å². The number of amides is 2. The minimum Gasteiger partial charge on any atom is -0.342 e. The van der Waals surface area contributed by atoms with Crippen LogP contribution < -0.4 is 5.32 Å². The summed E-state index contributed by atoms with van der Waals surface area (Å²) in [5, 5.41) is 2.89. The third kappa shape index (κ3) is 3.78. The Morgan fingerprint density at radius 3 is 2.52 bits per heavy atom. The molecule has 3 rings (SSSR count). The minimum absolute atomic E-state index is 0.0855. The van der Waals surface area contributed by atoms with E-state index in [1.807, 2.05) is 23.1 Å². The van der Waals surface area contributed by atoms with Crippen molar-refractivity contribution in [1.29, 1.82) is 0 Å². The highest BCUT2D eigenvalue weighted by atomic mass is 16.2. The average Bonchev–Trinajstić information content (AvgIpc) is 2.62. The quantitative estimate of drug-likeness (QED) is 0.873. The first-order valence-corrected chi connectivity index (χ1v) is 8.40. The summed E-state index contributed by atoms with van der Waals surface area (Å²) in [6, 6.07) is 3.60. The van der Waals surface area contributed by atoms with Gasteiger partial charge in [0, 0.05) is 19.3 Å². The molecule has 2 aliphatic rings. The Morgan fingerprint density at radius 1 is 1.09 bits per heavy atom. The number of hydrogen-bond acceptors (Lipinski definition) is 3. The zero-order valence-corrected chi connectivity index (χ0v) is 13.3. The summed E-state index contributed by atoms with van der Waals surface area (Å²) in [6.07, 6.45) is 11.9. The molecule has 0 radical (unpaired) electrons. The van der Waals surface area contributed by atoms with Gasteiger partial charge in [-0.3, -0.25) is 14.6 Å². The molecule has 5 heteroatoms. The molecule has 0 saturated carbocycles. The van der Waals surface area contributed by atoms with Gasteiger partial charge in [-0.05, 0) is 44.2 Å². The lowest BCUT2D eigenvalue weighted by atomic mass is 9.81. The molecule has 0 bridgehead atoms. The van der Waals surface area contributed by atoms with Crippen molar-refractivity contribution in [2.75, 3.05) is 18.4 Å². The number of nitrogens with zero attached hydrogens (tertiary/aromatic N) is 2. The molecule has 1 aromatic heterocycles. The fourth-order valence-corrected chi connectivity index (χ4v) is 3.40. The van der Waals surface area contributed by atoms with Crippen LogP contribution in [0.4, 0.5) is 5.69 Å². The number of pyridine rings is 1. The molecule has 122 valence electrons. The molecule has 5 nitrogen and oxygen atoms in total. The third-order valence-corrected chi connectivity index (χ3v) is 4.68. The summed E-state index contributed by atoms with van der Waals surface area (Å²) >= 11 is 0. The lowest BCUT2D eigenvalue weighted by molar-refractivity contribution is -0.141.